The lowest BCUT2D eigenvalue weighted by Crippen LogP contribution is -2.35. The van der Waals surface area contributed by atoms with Crippen molar-refractivity contribution in [1.29, 1.82) is 0 Å². The van der Waals surface area contributed by atoms with Gasteiger partial charge in [-0.05, 0) is 19.1 Å². The summed E-state index contributed by atoms with van der Waals surface area (Å²) in [6.45, 7) is 3.14. The summed E-state index contributed by atoms with van der Waals surface area (Å²) in [6.07, 6.45) is 2.86. The molecule has 15 heteroatoms. The first-order valence-corrected chi connectivity index (χ1v) is 11.9. The first kappa shape index (κ1) is 24.1. The van der Waals surface area contributed by atoms with Crippen molar-refractivity contribution in [1.82, 2.24) is 29.9 Å². The third-order valence-corrected chi connectivity index (χ3v) is 6.77. The van der Waals surface area contributed by atoms with E-state index in [1.54, 1.807) is 22.8 Å². The van der Waals surface area contributed by atoms with E-state index in [4.69, 9.17) is 0 Å². The van der Waals surface area contributed by atoms with Gasteiger partial charge in [0.25, 0.3) is 5.91 Å². The van der Waals surface area contributed by atoms with Crippen LogP contribution in [0.5, 0.6) is 5.88 Å². The van der Waals surface area contributed by atoms with Gasteiger partial charge in [-0.1, -0.05) is 6.07 Å². The van der Waals surface area contributed by atoms with Gasteiger partial charge in [0.15, 0.2) is 0 Å². The number of aryl methyl sites for hydroxylation is 1. The van der Waals surface area contributed by atoms with Crippen LogP contribution in [0.15, 0.2) is 36.7 Å². The Morgan fingerprint density at radius 2 is 1.75 bits per heavy atom. The molecule has 2 fully saturated rings. The molecule has 2 aliphatic rings. The summed E-state index contributed by atoms with van der Waals surface area (Å²) in [5.74, 6) is -1.41. The molecule has 10 nitrogen and oxygen atoms in total. The Hall–Kier alpha value is -3.62. The fourth-order valence-electron chi connectivity index (χ4n) is 4.55. The van der Waals surface area contributed by atoms with Gasteiger partial charge in [0.1, 0.15) is 17.1 Å². The first-order valence-electron chi connectivity index (χ1n) is 10.8. The number of hydrogen-bond donors (Lipinski definition) is 0. The second-order valence-electron chi connectivity index (χ2n) is 8.50. The fourth-order valence-corrected chi connectivity index (χ4v) is 4.88. The van der Waals surface area contributed by atoms with E-state index < -0.39 is 34.2 Å². The lowest BCUT2D eigenvalue weighted by atomic mass is 10.0. The average Bonchev–Trinajstić information content (AvgIpc) is 3.54. The summed E-state index contributed by atoms with van der Waals surface area (Å²) in [5.41, 5.74) is -4.57. The van der Waals surface area contributed by atoms with Gasteiger partial charge in [-0.25, -0.2) is 13.6 Å². The van der Waals surface area contributed by atoms with Gasteiger partial charge in [0, 0.05) is 49.8 Å². The molecule has 190 valence electrons. The highest BCUT2D eigenvalue weighted by atomic mass is 32.2. The van der Waals surface area contributed by atoms with E-state index in [1.807, 2.05) is 0 Å². The minimum absolute atomic E-state index is 0.0183. The molecular formula is C21H19F4N7O3S. The molecule has 0 saturated carbocycles. The van der Waals surface area contributed by atoms with E-state index >= 15 is 0 Å². The monoisotopic (exact) mass is 525 g/mol. The van der Waals surface area contributed by atoms with E-state index in [1.165, 1.54) is 35.4 Å². The zero-order chi connectivity index (χ0) is 25.6. The molecule has 0 spiro atoms. The number of likely N-dealkylation sites (tertiary alicyclic amines) is 1. The minimum atomic E-state index is -5.04. The summed E-state index contributed by atoms with van der Waals surface area (Å²) < 4.78 is 68.3. The van der Waals surface area contributed by atoms with Crippen LogP contribution in [0.1, 0.15) is 16.1 Å². The molecule has 4 heterocycles. The number of fused-ring (bicyclic) bond motifs is 1. The van der Waals surface area contributed by atoms with Crippen molar-refractivity contribution in [3.63, 3.8) is 0 Å². The number of rotatable bonds is 5. The molecule has 0 aliphatic carbocycles. The zero-order valence-corrected chi connectivity index (χ0v) is 19.5. The fraction of sp³-hybridized carbons (Fsp3) is 0.381. The average molecular weight is 525 g/mol. The Balaban J connectivity index is 1.30. The molecule has 1 amide bonds. The van der Waals surface area contributed by atoms with Crippen molar-refractivity contribution in [2.24, 2.45) is 11.8 Å². The van der Waals surface area contributed by atoms with Gasteiger partial charge in [-0.15, -0.1) is 0 Å². The largest absolute Gasteiger partial charge is 0.508 e. The maximum absolute atomic E-state index is 14.7. The first-order chi connectivity index (χ1) is 17.1. The summed E-state index contributed by atoms with van der Waals surface area (Å²) in [4.78, 5) is 26.1. The van der Waals surface area contributed by atoms with Crippen molar-refractivity contribution >= 4 is 22.9 Å². The number of carbonyl (C=O) groups is 1. The van der Waals surface area contributed by atoms with Gasteiger partial charge in [0.2, 0.25) is 11.8 Å². The standard InChI is InChI=1S/C21H19F4N7O3S/c1-12-7-17(35-36(34)21(23,24)25)29-20(28-12)31-10-13-8-30(9-14(13)11-31)19(33)18-15(22)3-2-4-16(18)32-26-5-6-27-32/h2-7,13-14H,8-11H2,1H3. The SMILES string of the molecule is Cc1cc(OS(=O)C(F)(F)F)nc(N2CC3CN(C(=O)c4c(F)cccc4-n4nccn4)CC3C2)n1. The van der Waals surface area contributed by atoms with Crippen molar-refractivity contribution in [3.05, 3.63) is 53.7 Å². The summed E-state index contributed by atoms with van der Waals surface area (Å²) >= 11 is -3.55. The maximum atomic E-state index is 14.7. The summed E-state index contributed by atoms with van der Waals surface area (Å²) in [6, 6.07) is 5.42. The van der Waals surface area contributed by atoms with Crippen molar-refractivity contribution in [2.75, 3.05) is 31.1 Å². The number of nitrogens with zero attached hydrogens (tertiary/aromatic N) is 7. The summed E-state index contributed by atoms with van der Waals surface area (Å²) in [7, 11) is 0. The molecule has 5 rings (SSSR count). The number of amides is 1. The van der Waals surface area contributed by atoms with Crippen LogP contribution < -0.4 is 9.08 Å². The van der Waals surface area contributed by atoms with Crippen molar-refractivity contribution in [2.45, 2.75) is 12.4 Å². The molecule has 1 aromatic carbocycles. The number of benzene rings is 1. The van der Waals surface area contributed by atoms with Crippen LogP contribution in [-0.4, -0.2) is 71.7 Å². The molecule has 0 radical (unpaired) electrons. The highest BCUT2D eigenvalue weighted by molar-refractivity contribution is 7.81. The van der Waals surface area contributed by atoms with E-state index in [-0.39, 0.29) is 29.0 Å². The lowest BCUT2D eigenvalue weighted by Gasteiger charge is -2.23. The Morgan fingerprint density at radius 3 is 2.39 bits per heavy atom. The topological polar surface area (TPSA) is 106 Å². The Bertz CT molecular complexity index is 1310. The number of hydrogen-bond acceptors (Lipinski definition) is 8. The maximum Gasteiger partial charge on any atom is 0.508 e. The van der Waals surface area contributed by atoms with E-state index in [9.17, 15) is 26.6 Å². The molecule has 3 aromatic rings. The van der Waals surface area contributed by atoms with Crippen LogP contribution in [0.4, 0.5) is 23.5 Å². The van der Waals surface area contributed by atoms with Crippen LogP contribution in [0.2, 0.25) is 0 Å². The van der Waals surface area contributed by atoms with Crippen LogP contribution in [-0.2, 0) is 11.1 Å². The van der Waals surface area contributed by atoms with Crippen LogP contribution in [0.3, 0.4) is 0 Å². The molecule has 2 aliphatic heterocycles. The zero-order valence-electron chi connectivity index (χ0n) is 18.7. The molecule has 0 bridgehead atoms. The Kier molecular flexibility index (Phi) is 6.10. The lowest BCUT2D eigenvalue weighted by molar-refractivity contribution is -0.0438. The van der Waals surface area contributed by atoms with Crippen molar-refractivity contribution < 1.29 is 30.7 Å². The highest BCUT2D eigenvalue weighted by Crippen LogP contribution is 2.35. The van der Waals surface area contributed by atoms with Crippen LogP contribution >= 0.6 is 0 Å². The second kappa shape index (κ2) is 9.11. The van der Waals surface area contributed by atoms with E-state index in [0.717, 1.165) is 0 Å². The smallest absolute Gasteiger partial charge is 0.373 e. The number of aromatic nitrogens is 5. The second-order valence-corrected chi connectivity index (χ2v) is 9.60. The number of alkyl halides is 3. The predicted octanol–water partition coefficient (Wildman–Crippen LogP) is 2.28. The molecule has 3 atom stereocenters. The number of anilines is 1. The van der Waals surface area contributed by atoms with Gasteiger partial charge in [0.05, 0.1) is 12.4 Å². The number of halogens is 4. The van der Waals surface area contributed by atoms with Gasteiger partial charge >= 0.3 is 16.6 Å². The highest BCUT2D eigenvalue weighted by Gasteiger charge is 2.44. The third-order valence-electron chi connectivity index (χ3n) is 6.06. The molecule has 0 N–H and O–H groups in total. The Labute approximate surface area is 204 Å². The number of carbonyl (C=O) groups excluding carboxylic acids is 1. The Morgan fingerprint density at radius 1 is 1.08 bits per heavy atom. The van der Waals surface area contributed by atoms with Crippen LogP contribution in [0.25, 0.3) is 5.69 Å². The van der Waals surface area contributed by atoms with Gasteiger partial charge in [-0.2, -0.15) is 33.1 Å². The van der Waals surface area contributed by atoms with E-state index in [0.29, 0.717) is 31.9 Å². The molecular weight excluding hydrogens is 506 g/mol. The molecule has 2 saturated heterocycles. The molecule has 3 unspecified atom stereocenters. The van der Waals surface area contributed by atoms with Crippen LogP contribution in [0, 0.1) is 24.6 Å². The predicted molar refractivity (Wildman–Crippen MR) is 118 cm³/mol. The minimum Gasteiger partial charge on any atom is -0.373 e. The summed E-state index contributed by atoms with van der Waals surface area (Å²) in [5, 5.41) is 8.00. The quantitative estimate of drug-likeness (QED) is 0.467. The van der Waals surface area contributed by atoms with Crippen molar-refractivity contribution in [3.8, 4) is 11.6 Å². The van der Waals surface area contributed by atoms with E-state index in [2.05, 4.69) is 24.3 Å². The third kappa shape index (κ3) is 4.62. The normalized spacial score (nSPS) is 20.5. The van der Waals surface area contributed by atoms with Gasteiger partial charge in [-0.3, -0.25) is 4.79 Å². The molecule has 36 heavy (non-hydrogen) atoms. The van der Waals surface area contributed by atoms with Gasteiger partial charge < -0.3 is 14.0 Å². The molecule has 2 aromatic heterocycles.